The van der Waals surface area contributed by atoms with Gasteiger partial charge in [-0.2, -0.15) is 4.99 Å². The van der Waals surface area contributed by atoms with Gasteiger partial charge in [-0.15, -0.1) is 0 Å². The molecule has 0 saturated carbocycles. The van der Waals surface area contributed by atoms with Crippen molar-refractivity contribution in [3.05, 3.63) is 33.9 Å². The highest BCUT2D eigenvalue weighted by Crippen LogP contribution is 2.21. The summed E-state index contributed by atoms with van der Waals surface area (Å²) in [5, 5.41) is 10.4. The van der Waals surface area contributed by atoms with Gasteiger partial charge in [-0.3, -0.25) is 10.1 Å². The largest absolute Gasteiger partial charge is 0.271 e. The molecule has 0 radical (unpaired) electrons. The Kier molecular flexibility index (Phi) is 2.52. The highest BCUT2D eigenvalue weighted by atomic mass is 16.6. The lowest BCUT2D eigenvalue weighted by Crippen LogP contribution is -1.87. The number of nitro benzene ring substituents is 1. The van der Waals surface area contributed by atoms with E-state index in [4.69, 9.17) is 0 Å². The first-order valence-corrected chi connectivity index (χ1v) is 3.47. The quantitative estimate of drug-likeness (QED) is 0.300. The van der Waals surface area contributed by atoms with E-state index in [1.807, 2.05) is 0 Å². The summed E-state index contributed by atoms with van der Waals surface area (Å²) in [5.41, 5.74) is 0.860. The van der Waals surface area contributed by atoms with E-state index in [1.165, 1.54) is 18.2 Å². The molecule has 0 fully saturated rings. The predicted octanol–water partition coefficient (Wildman–Crippen LogP) is 1.87. The molecule has 1 aromatic carbocycles. The molecular weight excluding hydrogens is 172 g/mol. The van der Waals surface area contributed by atoms with Crippen molar-refractivity contribution in [3.8, 4) is 0 Å². The zero-order chi connectivity index (χ0) is 9.84. The molecule has 5 heteroatoms. The second-order valence-corrected chi connectivity index (χ2v) is 2.49. The number of benzene rings is 1. The van der Waals surface area contributed by atoms with Gasteiger partial charge < -0.3 is 0 Å². The second kappa shape index (κ2) is 3.60. The first-order chi connectivity index (χ1) is 6.13. The molecule has 1 aromatic rings. The molecule has 0 amide bonds. The van der Waals surface area contributed by atoms with Gasteiger partial charge in [0, 0.05) is 12.1 Å². The van der Waals surface area contributed by atoms with Crippen LogP contribution in [0.15, 0.2) is 23.2 Å². The lowest BCUT2D eigenvalue weighted by atomic mass is 10.2. The molecule has 0 N–H and O–H groups in total. The van der Waals surface area contributed by atoms with E-state index in [0.717, 1.165) is 0 Å². The number of non-ortho nitro benzene ring substituents is 1. The minimum atomic E-state index is -0.531. The fourth-order valence-electron chi connectivity index (χ4n) is 0.966. The van der Waals surface area contributed by atoms with Crippen LogP contribution in [0.2, 0.25) is 0 Å². The van der Waals surface area contributed by atoms with Gasteiger partial charge in [0.25, 0.3) is 5.69 Å². The Morgan fingerprint density at radius 2 is 2.15 bits per heavy atom. The summed E-state index contributed by atoms with van der Waals surface area (Å²) in [7, 11) is 0. The first-order valence-electron chi connectivity index (χ1n) is 3.47. The molecule has 0 spiro atoms. The number of hydrogen-bond acceptors (Lipinski definition) is 4. The highest BCUT2D eigenvalue weighted by Gasteiger charge is 2.06. The lowest BCUT2D eigenvalue weighted by Gasteiger charge is -1.95. The number of hydrogen-bond donors (Lipinski definition) is 0. The summed E-state index contributed by atoms with van der Waals surface area (Å²) in [6.45, 7) is 1.69. The van der Waals surface area contributed by atoms with Crippen molar-refractivity contribution in [2.75, 3.05) is 0 Å². The molecule has 0 saturated heterocycles. The zero-order valence-corrected chi connectivity index (χ0v) is 6.85. The van der Waals surface area contributed by atoms with Gasteiger partial charge in [-0.1, -0.05) is 0 Å². The summed E-state index contributed by atoms with van der Waals surface area (Å²) < 4.78 is 0. The van der Waals surface area contributed by atoms with E-state index in [0.29, 0.717) is 5.56 Å². The number of aryl methyl sites for hydroxylation is 1. The highest BCUT2D eigenvalue weighted by molar-refractivity contribution is 5.55. The van der Waals surface area contributed by atoms with Crippen LogP contribution in [0, 0.1) is 17.0 Å². The maximum absolute atomic E-state index is 10.4. The summed E-state index contributed by atoms with van der Waals surface area (Å²) in [6, 6.07) is 4.19. The number of isocyanates is 1. The minimum Gasteiger partial charge on any atom is -0.258 e. The second-order valence-electron chi connectivity index (χ2n) is 2.49. The van der Waals surface area contributed by atoms with Crippen molar-refractivity contribution in [2.24, 2.45) is 4.99 Å². The number of nitro groups is 1. The average Bonchev–Trinajstić information content (AvgIpc) is 2.03. The van der Waals surface area contributed by atoms with Gasteiger partial charge in [-0.05, 0) is 18.6 Å². The Morgan fingerprint density at radius 1 is 1.46 bits per heavy atom. The molecule has 0 aliphatic heterocycles. The topological polar surface area (TPSA) is 72.6 Å². The molecule has 0 aliphatic carbocycles. The van der Waals surface area contributed by atoms with E-state index in [9.17, 15) is 14.9 Å². The van der Waals surface area contributed by atoms with E-state index in [-0.39, 0.29) is 11.4 Å². The Labute approximate surface area is 73.9 Å². The van der Waals surface area contributed by atoms with Crippen LogP contribution in [-0.2, 0) is 4.79 Å². The maximum atomic E-state index is 10.4. The number of rotatable bonds is 2. The van der Waals surface area contributed by atoms with Crippen LogP contribution >= 0.6 is 0 Å². The number of nitrogens with zero attached hydrogens (tertiary/aromatic N) is 2. The summed E-state index contributed by atoms with van der Waals surface area (Å²) in [6.07, 6.45) is 1.33. The SMILES string of the molecule is Cc1cc(N=C=O)cc([N+](=O)[O-])c1. The minimum absolute atomic E-state index is 0.0750. The van der Waals surface area contributed by atoms with Gasteiger partial charge in [0.15, 0.2) is 0 Å². The molecule has 13 heavy (non-hydrogen) atoms. The summed E-state index contributed by atoms with van der Waals surface area (Å²) in [4.78, 5) is 23.0. The Hall–Kier alpha value is -2.00. The van der Waals surface area contributed by atoms with Crippen LogP contribution in [0.5, 0.6) is 0 Å². The van der Waals surface area contributed by atoms with Crippen LogP contribution in [0.3, 0.4) is 0 Å². The predicted molar refractivity (Wildman–Crippen MR) is 45.6 cm³/mol. The molecule has 66 valence electrons. The Bertz CT molecular complexity index is 374. The maximum Gasteiger partial charge on any atom is 0.271 e. The lowest BCUT2D eigenvalue weighted by molar-refractivity contribution is -0.384. The van der Waals surface area contributed by atoms with E-state index >= 15 is 0 Å². The van der Waals surface area contributed by atoms with Crippen molar-refractivity contribution < 1.29 is 9.72 Å². The van der Waals surface area contributed by atoms with Crippen LogP contribution in [-0.4, -0.2) is 11.0 Å². The first kappa shape index (κ1) is 9.09. The summed E-state index contributed by atoms with van der Waals surface area (Å²) in [5.74, 6) is 0. The molecule has 0 aromatic heterocycles. The van der Waals surface area contributed by atoms with Crippen LogP contribution in [0.4, 0.5) is 11.4 Å². The van der Waals surface area contributed by atoms with Gasteiger partial charge in [0.2, 0.25) is 6.08 Å². The fraction of sp³-hybridized carbons (Fsp3) is 0.125. The smallest absolute Gasteiger partial charge is 0.258 e. The van der Waals surface area contributed by atoms with Gasteiger partial charge in [0.05, 0.1) is 10.6 Å². The van der Waals surface area contributed by atoms with Crippen molar-refractivity contribution in [3.63, 3.8) is 0 Å². The molecule has 0 unspecified atom stereocenters. The van der Waals surface area contributed by atoms with E-state index in [2.05, 4.69) is 4.99 Å². The molecule has 1 rings (SSSR count). The fourth-order valence-corrected chi connectivity index (χ4v) is 0.966. The standard InChI is InChI=1S/C8H6N2O3/c1-6-2-7(9-5-11)4-8(3-6)10(12)13/h2-4H,1H3. The third kappa shape index (κ3) is 2.21. The Balaban J connectivity index is 3.26. The van der Waals surface area contributed by atoms with Crippen molar-refractivity contribution in [1.82, 2.24) is 0 Å². The molecule has 0 bridgehead atoms. The van der Waals surface area contributed by atoms with Gasteiger partial charge in [-0.25, -0.2) is 4.79 Å². The molecular formula is C8H6N2O3. The molecule has 0 heterocycles. The van der Waals surface area contributed by atoms with E-state index in [1.54, 1.807) is 13.0 Å². The third-order valence-electron chi connectivity index (χ3n) is 1.43. The van der Waals surface area contributed by atoms with Crippen molar-refractivity contribution in [1.29, 1.82) is 0 Å². The summed E-state index contributed by atoms with van der Waals surface area (Å²) >= 11 is 0. The van der Waals surface area contributed by atoms with Gasteiger partial charge in [0.1, 0.15) is 0 Å². The molecule has 0 atom stereocenters. The van der Waals surface area contributed by atoms with Crippen molar-refractivity contribution in [2.45, 2.75) is 6.92 Å². The van der Waals surface area contributed by atoms with Crippen LogP contribution in [0.1, 0.15) is 5.56 Å². The molecule has 5 nitrogen and oxygen atoms in total. The molecule has 0 aliphatic rings. The van der Waals surface area contributed by atoms with Crippen LogP contribution < -0.4 is 0 Å². The Morgan fingerprint density at radius 3 is 2.69 bits per heavy atom. The van der Waals surface area contributed by atoms with Crippen molar-refractivity contribution >= 4 is 17.5 Å². The van der Waals surface area contributed by atoms with Crippen LogP contribution in [0.25, 0.3) is 0 Å². The number of aliphatic imine (C=N–C) groups is 1. The third-order valence-corrected chi connectivity index (χ3v) is 1.43. The zero-order valence-electron chi connectivity index (χ0n) is 6.85. The van der Waals surface area contributed by atoms with E-state index < -0.39 is 4.92 Å². The monoisotopic (exact) mass is 178 g/mol. The normalized spacial score (nSPS) is 9.00. The number of carbonyl (C=O) groups excluding carboxylic acids is 1. The average molecular weight is 178 g/mol. The van der Waals surface area contributed by atoms with Gasteiger partial charge >= 0.3 is 0 Å².